The van der Waals surface area contributed by atoms with E-state index in [1.54, 1.807) is 0 Å². The van der Waals surface area contributed by atoms with Crippen molar-refractivity contribution in [2.24, 2.45) is 5.92 Å². The van der Waals surface area contributed by atoms with E-state index in [1.807, 2.05) is 74.5 Å². The third-order valence-electron chi connectivity index (χ3n) is 4.10. The predicted octanol–water partition coefficient (Wildman–Crippen LogP) is 3.85. The second kappa shape index (κ2) is 6.91. The van der Waals surface area contributed by atoms with Crippen LogP contribution in [0.2, 0.25) is 0 Å². The summed E-state index contributed by atoms with van der Waals surface area (Å²) in [6, 6.07) is 19.3. The minimum atomic E-state index is -0.877. The van der Waals surface area contributed by atoms with E-state index in [0.717, 1.165) is 11.1 Å². The second-order valence-electron chi connectivity index (χ2n) is 5.64. The molecule has 0 spiro atoms. The van der Waals surface area contributed by atoms with Gasteiger partial charge in [0, 0.05) is 0 Å². The van der Waals surface area contributed by atoms with Crippen LogP contribution >= 0.6 is 0 Å². The zero-order valence-electron chi connectivity index (χ0n) is 12.8. The lowest BCUT2D eigenvalue weighted by molar-refractivity contribution is -0.145. The molecule has 0 aliphatic carbocycles. The number of esters is 1. The van der Waals surface area contributed by atoms with Gasteiger partial charge in [-0.1, -0.05) is 74.5 Å². The Labute approximate surface area is 131 Å². The third-order valence-corrected chi connectivity index (χ3v) is 4.10. The Kier molecular flexibility index (Phi) is 4.95. The first kappa shape index (κ1) is 15.8. The van der Waals surface area contributed by atoms with Crippen molar-refractivity contribution in [1.29, 1.82) is 5.26 Å². The van der Waals surface area contributed by atoms with E-state index in [9.17, 15) is 4.79 Å². The largest absolute Gasteiger partial charge is 0.350 e. The van der Waals surface area contributed by atoms with Crippen LogP contribution in [0.5, 0.6) is 0 Å². The molecule has 3 nitrogen and oxygen atoms in total. The van der Waals surface area contributed by atoms with E-state index in [4.69, 9.17) is 10.00 Å². The molecule has 3 heteroatoms. The fourth-order valence-corrected chi connectivity index (χ4v) is 2.85. The van der Waals surface area contributed by atoms with E-state index >= 15 is 0 Å². The number of nitriles is 1. The number of ether oxygens (including phenoxy) is 1. The lowest BCUT2D eigenvalue weighted by Gasteiger charge is -2.35. The van der Waals surface area contributed by atoms with Crippen LogP contribution in [-0.2, 0) is 21.4 Å². The van der Waals surface area contributed by atoms with Gasteiger partial charge in [0.15, 0.2) is 0 Å². The molecule has 0 radical (unpaired) electrons. The molecule has 0 amide bonds. The summed E-state index contributed by atoms with van der Waals surface area (Å²) in [7, 11) is 0. The molecule has 1 unspecified atom stereocenters. The zero-order chi connectivity index (χ0) is 16.0. The topological polar surface area (TPSA) is 50.1 Å². The minimum absolute atomic E-state index is 0.0176. The summed E-state index contributed by atoms with van der Waals surface area (Å²) in [5, 5.41) is 8.80. The summed E-state index contributed by atoms with van der Waals surface area (Å²) in [5.74, 6) is -0.518. The lowest BCUT2D eigenvalue weighted by atomic mass is 9.68. The summed E-state index contributed by atoms with van der Waals surface area (Å²) in [5.41, 5.74) is 1.03. The smallest absolute Gasteiger partial charge is 0.332 e. The molecule has 0 heterocycles. The fourth-order valence-electron chi connectivity index (χ4n) is 2.85. The first-order valence-corrected chi connectivity index (χ1v) is 7.31. The minimum Gasteiger partial charge on any atom is -0.350 e. The van der Waals surface area contributed by atoms with Gasteiger partial charge in [-0.3, -0.25) is 0 Å². The molecule has 112 valence electrons. The number of hydrogen-bond acceptors (Lipinski definition) is 3. The van der Waals surface area contributed by atoms with Crippen molar-refractivity contribution in [3.8, 4) is 6.26 Å². The van der Waals surface area contributed by atoms with Crippen molar-refractivity contribution in [3.63, 3.8) is 0 Å². The Bertz CT molecular complexity index is 659. The van der Waals surface area contributed by atoms with Gasteiger partial charge in [-0.15, -0.1) is 5.26 Å². The van der Waals surface area contributed by atoms with E-state index in [1.165, 1.54) is 6.26 Å². The highest BCUT2D eigenvalue weighted by Gasteiger charge is 2.45. The molecule has 1 atom stereocenters. The second-order valence-corrected chi connectivity index (χ2v) is 5.64. The van der Waals surface area contributed by atoms with Gasteiger partial charge in [0.25, 0.3) is 6.26 Å². The molecule has 2 rings (SSSR count). The molecule has 0 bridgehead atoms. The fraction of sp³-hybridized carbons (Fsp3) is 0.263. The first-order valence-electron chi connectivity index (χ1n) is 7.31. The summed E-state index contributed by atoms with van der Waals surface area (Å²) < 4.78 is 4.76. The Morgan fingerprint density at radius 3 is 2.14 bits per heavy atom. The Balaban J connectivity index is 2.56. The van der Waals surface area contributed by atoms with E-state index in [2.05, 4.69) is 0 Å². The standard InChI is InChI=1S/C19H19NO2/c1-15(2)19(18(21)22-14-20,17-11-7-4-8-12-17)13-16-9-5-3-6-10-16/h3-12,15H,13H2,1-2H3. The third kappa shape index (κ3) is 3.01. The van der Waals surface area contributed by atoms with Crippen LogP contribution in [-0.4, -0.2) is 5.97 Å². The van der Waals surface area contributed by atoms with Crippen LogP contribution in [0.3, 0.4) is 0 Å². The van der Waals surface area contributed by atoms with Gasteiger partial charge >= 0.3 is 5.97 Å². The normalized spacial score (nSPS) is 13.2. The summed E-state index contributed by atoms with van der Waals surface area (Å²) in [4.78, 5) is 12.7. The monoisotopic (exact) mass is 293 g/mol. The molecule has 0 saturated heterocycles. The van der Waals surface area contributed by atoms with Crippen LogP contribution in [0.4, 0.5) is 0 Å². The SMILES string of the molecule is CC(C)C(Cc1ccccc1)(C(=O)OC#N)c1ccccc1. The number of rotatable bonds is 5. The number of nitrogens with zero attached hydrogens (tertiary/aromatic N) is 1. The zero-order valence-corrected chi connectivity index (χ0v) is 12.8. The van der Waals surface area contributed by atoms with Crippen LogP contribution < -0.4 is 0 Å². The molecule has 0 fully saturated rings. The maximum atomic E-state index is 12.7. The summed E-state index contributed by atoms with van der Waals surface area (Å²) in [6.45, 7) is 3.96. The van der Waals surface area contributed by atoms with Gasteiger partial charge in [0.1, 0.15) is 5.41 Å². The van der Waals surface area contributed by atoms with Gasteiger partial charge in [-0.2, -0.15) is 0 Å². The van der Waals surface area contributed by atoms with E-state index in [0.29, 0.717) is 6.42 Å². The van der Waals surface area contributed by atoms with E-state index < -0.39 is 11.4 Å². The number of carbonyl (C=O) groups excluding carboxylic acids is 1. The van der Waals surface area contributed by atoms with Gasteiger partial charge in [0.05, 0.1) is 0 Å². The van der Waals surface area contributed by atoms with Crippen molar-refractivity contribution in [2.45, 2.75) is 25.7 Å². The molecule has 2 aromatic rings. The van der Waals surface area contributed by atoms with Crippen molar-refractivity contribution in [3.05, 3.63) is 71.8 Å². The van der Waals surface area contributed by atoms with Crippen molar-refractivity contribution >= 4 is 5.97 Å². The molecular weight excluding hydrogens is 274 g/mol. The number of carbonyl (C=O) groups is 1. The first-order chi connectivity index (χ1) is 10.6. The Hall–Kier alpha value is -2.60. The average molecular weight is 293 g/mol. The maximum Gasteiger partial charge on any atom is 0.332 e. The molecule has 0 N–H and O–H groups in total. The van der Waals surface area contributed by atoms with E-state index in [-0.39, 0.29) is 5.92 Å². The van der Waals surface area contributed by atoms with Gasteiger partial charge in [-0.05, 0) is 23.5 Å². The van der Waals surface area contributed by atoms with Gasteiger partial charge in [0.2, 0.25) is 0 Å². The van der Waals surface area contributed by atoms with Gasteiger partial charge < -0.3 is 4.74 Å². The lowest BCUT2D eigenvalue weighted by Crippen LogP contribution is -2.44. The highest BCUT2D eigenvalue weighted by atomic mass is 16.5. The molecule has 22 heavy (non-hydrogen) atoms. The maximum absolute atomic E-state index is 12.7. The van der Waals surface area contributed by atoms with Crippen LogP contribution in [0.25, 0.3) is 0 Å². The average Bonchev–Trinajstić information content (AvgIpc) is 2.54. The van der Waals surface area contributed by atoms with Crippen LogP contribution in [0, 0.1) is 17.4 Å². The van der Waals surface area contributed by atoms with Crippen molar-refractivity contribution in [1.82, 2.24) is 0 Å². The van der Waals surface area contributed by atoms with Crippen LogP contribution in [0.1, 0.15) is 25.0 Å². The summed E-state index contributed by atoms with van der Waals surface area (Å²) in [6.07, 6.45) is 2.03. The number of hydrogen-bond donors (Lipinski definition) is 0. The molecular formula is C19H19NO2. The van der Waals surface area contributed by atoms with Crippen LogP contribution in [0.15, 0.2) is 60.7 Å². The Morgan fingerprint density at radius 2 is 1.64 bits per heavy atom. The predicted molar refractivity (Wildman–Crippen MR) is 84.8 cm³/mol. The summed E-state index contributed by atoms with van der Waals surface area (Å²) >= 11 is 0. The molecule has 0 aliphatic rings. The molecule has 2 aromatic carbocycles. The number of benzene rings is 2. The highest BCUT2D eigenvalue weighted by molar-refractivity contribution is 5.84. The Morgan fingerprint density at radius 1 is 1.09 bits per heavy atom. The molecule has 0 aromatic heterocycles. The molecule has 0 aliphatic heterocycles. The van der Waals surface area contributed by atoms with Gasteiger partial charge in [-0.25, -0.2) is 4.79 Å². The highest BCUT2D eigenvalue weighted by Crippen LogP contribution is 2.37. The quantitative estimate of drug-likeness (QED) is 0.621. The van der Waals surface area contributed by atoms with Crippen molar-refractivity contribution in [2.75, 3.05) is 0 Å². The molecule has 0 saturated carbocycles. The van der Waals surface area contributed by atoms with Crippen molar-refractivity contribution < 1.29 is 9.53 Å².